The lowest BCUT2D eigenvalue weighted by atomic mass is 9.92. The molecule has 1 aromatic heterocycles. The summed E-state index contributed by atoms with van der Waals surface area (Å²) < 4.78 is 0. The Kier molecular flexibility index (Phi) is 1.69. The summed E-state index contributed by atoms with van der Waals surface area (Å²) in [5.41, 5.74) is 2.74. The number of hydrogen-bond acceptors (Lipinski definition) is 0. The van der Waals surface area contributed by atoms with Gasteiger partial charge in [-0.1, -0.05) is 39.0 Å². The smallest absolute Gasteiger partial charge is 0.0456 e. The second-order valence-corrected chi connectivity index (χ2v) is 4.52. The molecule has 0 bridgehead atoms. The van der Waals surface area contributed by atoms with Crippen LogP contribution in [0.5, 0.6) is 0 Å². The van der Waals surface area contributed by atoms with E-state index in [0.717, 1.165) is 0 Å². The summed E-state index contributed by atoms with van der Waals surface area (Å²) in [6, 6.07) is 10.6. The van der Waals surface area contributed by atoms with Gasteiger partial charge in [0.1, 0.15) is 0 Å². The molecule has 0 amide bonds. The SMILES string of the molecule is CC(C)(C)c1cc2ccccc2[nH]1. The molecule has 1 aromatic carbocycles. The molecule has 0 aliphatic carbocycles. The maximum Gasteiger partial charge on any atom is 0.0456 e. The Labute approximate surface area is 78.8 Å². The van der Waals surface area contributed by atoms with E-state index in [1.165, 1.54) is 16.6 Å². The highest BCUT2D eigenvalue weighted by molar-refractivity contribution is 5.80. The van der Waals surface area contributed by atoms with Crippen LogP contribution in [0.1, 0.15) is 26.5 Å². The Morgan fingerprint density at radius 1 is 1.08 bits per heavy atom. The van der Waals surface area contributed by atoms with Gasteiger partial charge in [-0.15, -0.1) is 0 Å². The molecular formula is C12H15N. The summed E-state index contributed by atoms with van der Waals surface area (Å²) in [6.07, 6.45) is 0. The van der Waals surface area contributed by atoms with E-state index in [4.69, 9.17) is 0 Å². The topological polar surface area (TPSA) is 15.8 Å². The third-order valence-corrected chi connectivity index (χ3v) is 2.34. The number of aromatic amines is 1. The summed E-state index contributed by atoms with van der Waals surface area (Å²) in [7, 11) is 0. The molecule has 68 valence electrons. The molecule has 1 heteroatoms. The van der Waals surface area contributed by atoms with E-state index < -0.39 is 0 Å². The number of hydrogen-bond donors (Lipinski definition) is 1. The van der Waals surface area contributed by atoms with E-state index in [1.54, 1.807) is 0 Å². The Morgan fingerprint density at radius 3 is 2.38 bits per heavy atom. The molecule has 2 rings (SSSR count). The van der Waals surface area contributed by atoms with Gasteiger partial charge in [0.05, 0.1) is 0 Å². The lowest BCUT2D eigenvalue weighted by Gasteiger charge is -2.15. The van der Waals surface area contributed by atoms with Crippen molar-refractivity contribution in [3.63, 3.8) is 0 Å². The van der Waals surface area contributed by atoms with Crippen molar-refractivity contribution >= 4 is 10.9 Å². The van der Waals surface area contributed by atoms with Crippen LogP contribution in [0.2, 0.25) is 0 Å². The van der Waals surface area contributed by atoms with Crippen molar-refractivity contribution in [2.24, 2.45) is 0 Å². The largest absolute Gasteiger partial charge is 0.358 e. The average molecular weight is 173 g/mol. The number of rotatable bonds is 0. The Balaban J connectivity index is 2.63. The first-order chi connectivity index (χ1) is 6.07. The van der Waals surface area contributed by atoms with Gasteiger partial charge >= 0.3 is 0 Å². The van der Waals surface area contributed by atoms with Crippen LogP contribution in [0.3, 0.4) is 0 Å². The lowest BCUT2D eigenvalue weighted by molar-refractivity contribution is 0.574. The van der Waals surface area contributed by atoms with Crippen LogP contribution in [-0.2, 0) is 5.41 Å². The van der Waals surface area contributed by atoms with Gasteiger partial charge in [-0.2, -0.15) is 0 Å². The van der Waals surface area contributed by atoms with E-state index in [1.807, 2.05) is 0 Å². The minimum Gasteiger partial charge on any atom is -0.358 e. The van der Waals surface area contributed by atoms with Crippen LogP contribution in [0.4, 0.5) is 0 Å². The number of para-hydroxylation sites is 1. The van der Waals surface area contributed by atoms with Crippen LogP contribution in [0.25, 0.3) is 10.9 Å². The summed E-state index contributed by atoms with van der Waals surface area (Å²) in [6.45, 7) is 6.66. The van der Waals surface area contributed by atoms with Crippen molar-refractivity contribution in [2.45, 2.75) is 26.2 Å². The summed E-state index contributed by atoms with van der Waals surface area (Å²) in [4.78, 5) is 3.44. The van der Waals surface area contributed by atoms with Crippen molar-refractivity contribution in [2.75, 3.05) is 0 Å². The Morgan fingerprint density at radius 2 is 1.77 bits per heavy atom. The van der Waals surface area contributed by atoms with Crippen molar-refractivity contribution in [1.82, 2.24) is 4.98 Å². The van der Waals surface area contributed by atoms with E-state index in [-0.39, 0.29) is 5.41 Å². The van der Waals surface area contributed by atoms with Crippen molar-refractivity contribution in [3.8, 4) is 0 Å². The number of nitrogens with one attached hydrogen (secondary N) is 1. The summed E-state index contributed by atoms with van der Waals surface area (Å²) in [5.74, 6) is 0. The van der Waals surface area contributed by atoms with E-state index in [9.17, 15) is 0 Å². The highest BCUT2D eigenvalue weighted by atomic mass is 14.7. The molecular weight excluding hydrogens is 158 g/mol. The molecule has 0 unspecified atom stereocenters. The van der Waals surface area contributed by atoms with Gasteiger partial charge in [0, 0.05) is 16.6 Å². The fraction of sp³-hybridized carbons (Fsp3) is 0.333. The van der Waals surface area contributed by atoms with Crippen LogP contribution in [0, 0.1) is 0 Å². The third kappa shape index (κ3) is 1.46. The van der Waals surface area contributed by atoms with E-state index >= 15 is 0 Å². The first kappa shape index (κ1) is 8.36. The van der Waals surface area contributed by atoms with Gasteiger partial charge < -0.3 is 4.98 Å². The molecule has 0 spiro atoms. The zero-order valence-electron chi connectivity index (χ0n) is 8.39. The van der Waals surface area contributed by atoms with Gasteiger partial charge in [-0.25, -0.2) is 0 Å². The first-order valence-electron chi connectivity index (χ1n) is 4.65. The minimum absolute atomic E-state index is 0.207. The van der Waals surface area contributed by atoms with Gasteiger partial charge in [-0.3, -0.25) is 0 Å². The number of H-pyrrole nitrogens is 1. The maximum atomic E-state index is 3.44. The predicted octanol–water partition coefficient (Wildman–Crippen LogP) is 3.47. The molecule has 0 saturated carbocycles. The average Bonchev–Trinajstić information content (AvgIpc) is 2.45. The molecule has 1 N–H and O–H groups in total. The summed E-state index contributed by atoms with van der Waals surface area (Å²) in [5, 5.41) is 1.30. The molecule has 0 aliphatic heterocycles. The van der Waals surface area contributed by atoms with Crippen LogP contribution in [-0.4, -0.2) is 4.98 Å². The monoisotopic (exact) mass is 173 g/mol. The molecule has 0 fully saturated rings. The molecule has 0 atom stereocenters. The normalized spacial score (nSPS) is 12.2. The Bertz CT molecular complexity index is 385. The second-order valence-electron chi connectivity index (χ2n) is 4.52. The number of fused-ring (bicyclic) bond motifs is 1. The van der Waals surface area contributed by atoms with Gasteiger partial charge in [0.2, 0.25) is 0 Å². The number of benzene rings is 1. The minimum atomic E-state index is 0.207. The maximum absolute atomic E-state index is 3.44. The van der Waals surface area contributed by atoms with Crippen LogP contribution < -0.4 is 0 Å². The molecule has 1 heterocycles. The molecule has 0 aliphatic rings. The molecule has 2 aromatic rings. The standard InChI is InChI=1S/C12H15N/c1-12(2,3)11-8-9-6-4-5-7-10(9)13-11/h4-8,13H,1-3H3. The second kappa shape index (κ2) is 2.63. The highest BCUT2D eigenvalue weighted by Crippen LogP contribution is 2.25. The molecule has 13 heavy (non-hydrogen) atoms. The molecule has 1 nitrogen and oxygen atoms in total. The Hall–Kier alpha value is -1.24. The van der Waals surface area contributed by atoms with Crippen molar-refractivity contribution in [1.29, 1.82) is 0 Å². The first-order valence-corrected chi connectivity index (χ1v) is 4.65. The molecule has 0 radical (unpaired) electrons. The third-order valence-electron chi connectivity index (χ3n) is 2.34. The lowest BCUT2D eigenvalue weighted by Crippen LogP contribution is -2.10. The number of aromatic nitrogens is 1. The predicted molar refractivity (Wildman–Crippen MR) is 57.0 cm³/mol. The van der Waals surface area contributed by atoms with E-state index in [0.29, 0.717) is 0 Å². The van der Waals surface area contributed by atoms with Gasteiger partial charge in [-0.05, 0) is 17.5 Å². The molecule has 0 saturated heterocycles. The van der Waals surface area contributed by atoms with Crippen LogP contribution in [0.15, 0.2) is 30.3 Å². The summed E-state index contributed by atoms with van der Waals surface area (Å²) >= 11 is 0. The quantitative estimate of drug-likeness (QED) is 0.628. The van der Waals surface area contributed by atoms with Crippen LogP contribution >= 0.6 is 0 Å². The fourth-order valence-electron chi connectivity index (χ4n) is 1.48. The zero-order chi connectivity index (χ0) is 9.47. The van der Waals surface area contributed by atoms with Crippen molar-refractivity contribution < 1.29 is 0 Å². The van der Waals surface area contributed by atoms with Gasteiger partial charge in [0.15, 0.2) is 0 Å². The van der Waals surface area contributed by atoms with Gasteiger partial charge in [0.25, 0.3) is 0 Å². The zero-order valence-corrected chi connectivity index (χ0v) is 8.39. The van der Waals surface area contributed by atoms with E-state index in [2.05, 4.69) is 56.1 Å². The van der Waals surface area contributed by atoms with Crippen molar-refractivity contribution in [3.05, 3.63) is 36.0 Å². The fourth-order valence-corrected chi connectivity index (χ4v) is 1.48. The highest BCUT2D eigenvalue weighted by Gasteiger charge is 2.15.